The molecule has 2 aliphatic rings. The van der Waals surface area contributed by atoms with Crippen LogP contribution in [-0.4, -0.2) is 0 Å². The standard InChI is InChI=1S/C60H50O/c1-8-12-13-14-23-41(37(5)9-2)54-43-24-15-17-26-45(43)55(46-27-18-16-25-44(46)54)49-34-33-42(39(10-3)40(49)11-4)38-32-35-52-51(36-38)56-47-28-19-20-29-48(47)57-50-30-21-22-31-53(50)61-59(57)58(56)60(52,6)7/h8-11,13-35,37,51H,1-4,12,36H2,5-7H3/b14-13-,41-23+. The summed E-state index contributed by atoms with van der Waals surface area (Å²) in [4.78, 5) is 0. The second-order valence-corrected chi connectivity index (χ2v) is 17.2. The van der Waals surface area contributed by atoms with Crippen LogP contribution in [0.3, 0.4) is 0 Å². The van der Waals surface area contributed by atoms with Crippen molar-refractivity contribution in [1.29, 1.82) is 0 Å². The van der Waals surface area contributed by atoms with E-state index in [2.05, 4.69) is 187 Å². The zero-order chi connectivity index (χ0) is 42.0. The molecule has 10 rings (SSSR count). The summed E-state index contributed by atoms with van der Waals surface area (Å²) < 4.78 is 6.82. The highest BCUT2D eigenvalue weighted by Crippen LogP contribution is 2.60. The van der Waals surface area contributed by atoms with Crippen LogP contribution in [-0.2, 0) is 5.41 Å². The molecular weight excluding hydrogens is 737 g/mol. The van der Waals surface area contributed by atoms with Crippen LogP contribution in [0.2, 0.25) is 0 Å². The van der Waals surface area contributed by atoms with Crippen molar-refractivity contribution in [3.8, 4) is 11.1 Å². The summed E-state index contributed by atoms with van der Waals surface area (Å²) in [6.07, 6.45) is 21.1. The first-order valence-electron chi connectivity index (χ1n) is 21.6. The van der Waals surface area contributed by atoms with E-state index >= 15 is 0 Å². The number of hydrogen-bond acceptors (Lipinski definition) is 1. The topological polar surface area (TPSA) is 13.1 Å². The minimum absolute atomic E-state index is 0.139. The van der Waals surface area contributed by atoms with Crippen molar-refractivity contribution in [2.24, 2.45) is 5.92 Å². The number of fused-ring (bicyclic) bond motifs is 12. The molecule has 0 fully saturated rings. The van der Waals surface area contributed by atoms with Gasteiger partial charge < -0.3 is 4.42 Å². The van der Waals surface area contributed by atoms with Crippen molar-refractivity contribution in [2.75, 3.05) is 0 Å². The molecule has 0 saturated heterocycles. The smallest absolute Gasteiger partial charge is 0.140 e. The number of rotatable bonds is 10. The van der Waals surface area contributed by atoms with E-state index in [1.165, 1.54) is 87.6 Å². The van der Waals surface area contributed by atoms with Gasteiger partial charge in [0.1, 0.15) is 11.2 Å². The van der Waals surface area contributed by atoms with Gasteiger partial charge in [-0.3, -0.25) is 0 Å². The lowest BCUT2D eigenvalue weighted by Gasteiger charge is -2.28. The molecule has 2 atom stereocenters. The van der Waals surface area contributed by atoms with E-state index in [0.717, 1.165) is 40.7 Å². The molecule has 7 aromatic carbocycles. The number of furan rings is 1. The average Bonchev–Trinajstić information content (AvgIpc) is 3.80. The molecule has 0 radical (unpaired) electrons. The van der Waals surface area contributed by atoms with Gasteiger partial charge in [0, 0.05) is 27.7 Å². The molecule has 1 aromatic heterocycles. The van der Waals surface area contributed by atoms with Gasteiger partial charge in [-0.25, -0.2) is 0 Å². The zero-order valence-corrected chi connectivity index (χ0v) is 35.4. The monoisotopic (exact) mass is 786 g/mol. The van der Waals surface area contributed by atoms with Crippen molar-refractivity contribution in [3.05, 3.63) is 217 Å². The van der Waals surface area contributed by atoms with Crippen molar-refractivity contribution in [3.63, 3.8) is 0 Å². The van der Waals surface area contributed by atoms with Crippen LogP contribution in [0.1, 0.15) is 72.9 Å². The molecule has 8 aromatic rings. The maximum atomic E-state index is 6.82. The summed E-state index contributed by atoms with van der Waals surface area (Å²) >= 11 is 0. The lowest BCUT2D eigenvalue weighted by Crippen LogP contribution is -2.18. The van der Waals surface area contributed by atoms with E-state index in [1.54, 1.807) is 0 Å². The summed E-state index contributed by atoms with van der Waals surface area (Å²) in [7, 11) is 0. The van der Waals surface area contributed by atoms with Crippen LogP contribution in [0.25, 0.3) is 88.7 Å². The predicted octanol–water partition coefficient (Wildman–Crippen LogP) is 17.1. The van der Waals surface area contributed by atoms with Gasteiger partial charge in [-0.05, 0) is 107 Å². The lowest BCUT2D eigenvalue weighted by molar-refractivity contribution is 0.597. The second-order valence-electron chi connectivity index (χ2n) is 17.2. The third kappa shape index (κ3) is 5.75. The van der Waals surface area contributed by atoms with Crippen LogP contribution in [0.15, 0.2) is 188 Å². The van der Waals surface area contributed by atoms with Crippen molar-refractivity contribution < 1.29 is 4.42 Å². The Bertz CT molecular complexity index is 3250. The highest BCUT2D eigenvalue weighted by atomic mass is 16.3. The summed E-state index contributed by atoms with van der Waals surface area (Å²) in [5.74, 6) is 0.351. The maximum absolute atomic E-state index is 6.82. The molecular formula is C60H50O. The fourth-order valence-electron chi connectivity index (χ4n) is 10.9. The molecule has 2 unspecified atom stereocenters. The van der Waals surface area contributed by atoms with Crippen LogP contribution < -0.4 is 0 Å². The molecule has 0 amide bonds. The SMILES string of the molecule is C=CC/C=C\C=C(\c1c2ccccc2c(-c2ccc(C3=CC=C4C(C3)c3c(c5oc6ccccc6c5c5ccccc35)C4(C)C)c(C=C)c2C=C)c2ccccc12)C(C)C=C. The second kappa shape index (κ2) is 14.9. The highest BCUT2D eigenvalue weighted by molar-refractivity contribution is 6.22. The minimum atomic E-state index is -0.204. The van der Waals surface area contributed by atoms with Gasteiger partial charge in [-0.2, -0.15) is 0 Å². The Morgan fingerprint density at radius 2 is 1.30 bits per heavy atom. The van der Waals surface area contributed by atoms with Gasteiger partial charge in [-0.1, -0.05) is 197 Å². The molecule has 0 spiro atoms. The summed E-state index contributed by atoms with van der Waals surface area (Å²) in [5, 5.41) is 9.83. The molecule has 1 nitrogen and oxygen atoms in total. The molecule has 0 saturated carbocycles. The van der Waals surface area contributed by atoms with Gasteiger partial charge in [0.05, 0.1) is 0 Å². The van der Waals surface area contributed by atoms with E-state index < -0.39 is 0 Å². The molecule has 1 heteroatoms. The van der Waals surface area contributed by atoms with Crippen LogP contribution in [0.4, 0.5) is 0 Å². The summed E-state index contributed by atoms with van der Waals surface area (Å²) in [5.41, 5.74) is 15.5. The first kappa shape index (κ1) is 38.3. The van der Waals surface area contributed by atoms with Crippen molar-refractivity contribution in [2.45, 2.75) is 44.9 Å². The largest absolute Gasteiger partial charge is 0.456 e. The Morgan fingerprint density at radius 1 is 0.705 bits per heavy atom. The zero-order valence-electron chi connectivity index (χ0n) is 35.4. The first-order valence-corrected chi connectivity index (χ1v) is 21.6. The van der Waals surface area contributed by atoms with Gasteiger partial charge >= 0.3 is 0 Å². The number of benzene rings is 7. The number of allylic oxidation sites excluding steroid dienone is 10. The third-order valence-electron chi connectivity index (χ3n) is 13.6. The fourth-order valence-corrected chi connectivity index (χ4v) is 10.9. The molecule has 0 N–H and O–H groups in total. The molecule has 296 valence electrons. The van der Waals surface area contributed by atoms with Crippen molar-refractivity contribution >= 4 is 77.6 Å². The molecule has 61 heavy (non-hydrogen) atoms. The van der Waals surface area contributed by atoms with E-state index in [-0.39, 0.29) is 17.3 Å². The Balaban J connectivity index is 1.15. The summed E-state index contributed by atoms with van der Waals surface area (Å²) in [6.45, 7) is 24.0. The highest BCUT2D eigenvalue weighted by Gasteiger charge is 2.46. The number of hydrogen-bond donors (Lipinski definition) is 0. The van der Waals surface area contributed by atoms with Crippen LogP contribution >= 0.6 is 0 Å². The fraction of sp³-hybridized carbons (Fsp3) is 0.133. The molecule has 0 bridgehead atoms. The van der Waals surface area contributed by atoms with Gasteiger partial charge in [0.15, 0.2) is 0 Å². The van der Waals surface area contributed by atoms with E-state index in [0.29, 0.717) is 0 Å². The Morgan fingerprint density at radius 3 is 1.95 bits per heavy atom. The summed E-state index contributed by atoms with van der Waals surface area (Å²) in [6, 6.07) is 39.8. The average molecular weight is 787 g/mol. The van der Waals surface area contributed by atoms with Gasteiger partial charge in [0.25, 0.3) is 0 Å². The lowest BCUT2D eigenvalue weighted by atomic mass is 9.75. The first-order chi connectivity index (χ1) is 29.8. The van der Waals surface area contributed by atoms with Gasteiger partial charge in [-0.15, -0.1) is 13.2 Å². The normalized spacial score (nSPS) is 16.5. The van der Waals surface area contributed by atoms with E-state index in [9.17, 15) is 0 Å². The maximum Gasteiger partial charge on any atom is 0.140 e. The molecule has 2 aliphatic carbocycles. The van der Waals surface area contributed by atoms with Gasteiger partial charge in [0.2, 0.25) is 0 Å². The Kier molecular flexibility index (Phi) is 9.37. The van der Waals surface area contributed by atoms with E-state index in [4.69, 9.17) is 4.42 Å². The molecule has 0 aliphatic heterocycles. The predicted molar refractivity (Wildman–Crippen MR) is 266 cm³/mol. The van der Waals surface area contributed by atoms with Crippen LogP contribution in [0.5, 0.6) is 0 Å². The minimum Gasteiger partial charge on any atom is -0.456 e. The van der Waals surface area contributed by atoms with E-state index in [1.807, 2.05) is 24.3 Å². The number of para-hydroxylation sites is 1. The Hall–Kier alpha value is -6.96. The Labute approximate surface area is 359 Å². The van der Waals surface area contributed by atoms with Crippen molar-refractivity contribution in [1.82, 2.24) is 0 Å². The quantitative estimate of drug-likeness (QED) is 0.0764. The third-order valence-corrected chi connectivity index (χ3v) is 13.6. The van der Waals surface area contributed by atoms with Crippen LogP contribution in [0, 0.1) is 5.92 Å². The molecule has 1 heterocycles.